The van der Waals surface area contributed by atoms with E-state index in [0.29, 0.717) is 10.4 Å². The molecule has 0 radical (unpaired) electrons. The van der Waals surface area contributed by atoms with E-state index >= 15 is 0 Å². The zero-order chi connectivity index (χ0) is 12.7. The molecular formula is C13H12ClIN2. The third kappa shape index (κ3) is 1.91. The molecule has 2 nitrogen and oxygen atoms in total. The van der Waals surface area contributed by atoms with Crippen LogP contribution in [0.3, 0.4) is 0 Å². The molecular weight excluding hydrogens is 347 g/mol. The molecule has 17 heavy (non-hydrogen) atoms. The third-order valence-electron chi connectivity index (χ3n) is 2.89. The average molecular weight is 359 g/mol. The SMILES string of the molecule is C=c1/c(=C(\C)I)c(=N)c2c(Cl)cccc2n1C. The molecule has 88 valence electrons. The zero-order valence-corrected chi connectivity index (χ0v) is 12.6. The van der Waals surface area contributed by atoms with Gasteiger partial charge in [-0.05, 0) is 45.2 Å². The van der Waals surface area contributed by atoms with Gasteiger partial charge >= 0.3 is 0 Å². The van der Waals surface area contributed by atoms with E-state index in [9.17, 15) is 0 Å². The standard InChI is InChI=1S/C13H12ClIN2/c1-7(15)11-8(2)17(3)10-6-4-5-9(14)12(10)13(11)16/h4-6,16H,2H2,1,3H3/b11-7-,16-13?. The van der Waals surface area contributed by atoms with Gasteiger partial charge in [0.2, 0.25) is 0 Å². The highest BCUT2D eigenvalue weighted by Gasteiger charge is 2.06. The van der Waals surface area contributed by atoms with E-state index < -0.39 is 0 Å². The molecule has 0 aliphatic heterocycles. The fourth-order valence-electron chi connectivity index (χ4n) is 1.99. The summed E-state index contributed by atoms with van der Waals surface area (Å²) in [6.45, 7) is 6.03. The van der Waals surface area contributed by atoms with Crippen molar-refractivity contribution in [1.29, 1.82) is 5.41 Å². The van der Waals surface area contributed by atoms with Crippen LogP contribution in [0.5, 0.6) is 0 Å². The van der Waals surface area contributed by atoms with Crippen LogP contribution in [0.25, 0.3) is 21.1 Å². The Bertz CT molecular complexity index is 771. The van der Waals surface area contributed by atoms with E-state index in [2.05, 4.69) is 29.2 Å². The molecule has 0 unspecified atom stereocenters. The Balaban J connectivity index is 3.33. The molecule has 2 rings (SSSR count). The summed E-state index contributed by atoms with van der Waals surface area (Å²) in [5.41, 5.74) is 0.939. The summed E-state index contributed by atoms with van der Waals surface area (Å²) in [5.74, 6) is 0. The van der Waals surface area contributed by atoms with Crippen molar-refractivity contribution in [3.8, 4) is 0 Å². The van der Waals surface area contributed by atoms with Crippen LogP contribution in [0.4, 0.5) is 0 Å². The van der Waals surface area contributed by atoms with Crippen LogP contribution < -0.4 is 15.9 Å². The highest BCUT2D eigenvalue weighted by molar-refractivity contribution is 14.1. The minimum atomic E-state index is 0.459. The fourth-order valence-corrected chi connectivity index (χ4v) is 2.84. The Morgan fingerprint density at radius 3 is 2.71 bits per heavy atom. The number of pyridine rings is 1. The van der Waals surface area contributed by atoms with Crippen molar-refractivity contribution in [2.45, 2.75) is 6.92 Å². The Labute approximate surface area is 118 Å². The van der Waals surface area contributed by atoms with Crippen LogP contribution in [0.15, 0.2) is 18.2 Å². The molecule has 4 heteroatoms. The molecule has 1 N–H and O–H groups in total. The number of hydrogen-bond acceptors (Lipinski definition) is 1. The van der Waals surface area contributed by atoms with Gasteiger partial charge in [0.25, 0.3) is 0 Å². The maximum absolute atomic E-state index is 8.28. The van der Waals surface area contributed by atoms with E-state index in [1.807, 2.05) is 36.7 Å². The normalized spacial score (nSPS) is 12.9. The summed E-state index contributed by atoms with van der Waals surface area (Å²) >= 11 is 8.42. The first-order valence-corrected chi connectivity index (χ1v) is 6.58. The van der Waals surface area contributed by atoms with Crippen LogP contribution in [-0.2, 0) is 7.05 Å². The summed E-state index contributed by atoms with van der Waals surface area (Å²) in [6, 6.07) is 5.67. The number of benzene rings is 1. The number of aromatic nitrogens is 1. The van der Waals surface area contributed by atoms with Gasteiger partial charge in [-0.25, -0.2) is 0 Å². The number of halogens is 2. The van der Waals surface area contributed by atoms with Crippen molar-refractivity contribution in [3.05, 3.63) is 39.1 Å². The highest BCUT2D eigenvalue weighted by Crippen LogP contribution is 2.17. The monoisotopic (exact) mass is 358 g/mol. The molecule has 1 aromatic carbocycles. The summed E-state index contributed by atoms with van der Waals surface area (Å²) in [7, 11) is 1.95. The van der Waals surface area contributed by atoms with Crippen LogP contribution in [0.2, 0.25) is 5.02 Å². The van der Waals surface area contributed by atoms with Crippen LogP contribution in [0, 0.1) is 5.41 Å². The fraction of sp³-hybridized carbons (Fsp3) is 0.154. The molecule has 0 spiro atoms. The lowest BCUT2D eigenvalue weighted by molar-refractivity contribution is 0.896. The number of rotatable bonds is 0. The van der Waals surface area contributed by atoms with Gasteiger partial charge in [-0.2, -0.15) is 0 Å². The minimum absolute atomic E-state index is 0.459. The number of hydrogen-bond donors (Lipinski definition) is 1. The van der Waals surface area contributed by atoms with Gasteiger partial charge in [-0.15, -0.1) is 0 Å². The Hall–Kier alpha value is -0.810. The predicted octanol–water partition coefficient (Wildman–Crippen LogP) is 2.28. The largest absolute Gasteiger partial charge is 0.344 e. The third-order valence-corrected chi connectivity index (χ3v) is 3.75. The maximum atomic E-state index is 8.28. The molecule has 0 aliphatic carbocycles. The van der Waals surface area contributed by atoms with E-state index in [-0.39, 0.29) is 0 Å². The topological polar surface area (TPSA) is 28.8 Å². The number of aryl methyl sites for hydroxylation is 1. The second-order valence-corrected chi connectivity index (χ2v) is 5.95. The van der Waals surface area contributed by atoms with Crippen molar-refractivity contribution in [2.24, 2.45) is 7.05 Å². The molecule has 0 amide bonds. The molecule has 1 heterocycles. The van der Waals surface area contributed by atoms with Gasteiger partial charge in [-0.3, -0.25) is 5.41 Å². The predicted molar refractivity (Wildman–Crippen MR) is 81.7 cm³/mol. The zero-order valence-electron chi connectivity index (χ0n) is 9.64. The van der Waals surface area contributed by atoms with E-state index in [4.69, 9.17) is 17.0 Å². The van der Waals surface area contributed by atoms with Gasteiger partial charge in [-0.1, -0.05) is 24.2 Å². The summed E-state index contributed by atoms with van der Waals surface area (Å²) in [5, 5.41) is 11.9. The van der Waals surface area contributed by atoms with Gasteiger partial charge < -0.3 is 4.57 Å². The van der Waals surface area contributed by atoms with Crippen LogP contribution >= 0.6 is 34.2 Å². The maximum Gasteiger partial charge on any atom is 0.0748 e. The molecule has 0 saturated heterocycles. The Morgan fingerprint density at radius 1 is 1.47 bits per heavy atom. The van der Waals surface area contributed by atoms with Crippen molar-refractivity contribution in [3.63, 3.8) is 0 Å². The van der Waals surface area contributed by atoms with Crippen molar-refractivity contribution < 1.29 is 0 Å². The Morgan fingerprint density at radius 2 is 2.12 bits per heavy atom. The lowest BCUT2D eigenvalue weighted by Gasteiger charge is -2.09. The smallest absolute Gasteiger partial charge is 0.0748 e. The van der Waals surface area contributed by atoms with Gasteiger partial charge in [0.1, 0.15) is 0 Å². The molecule has 0 aliphatic rings. The lowest BCUT2D eigenvalue weighted by atomic mass is 10.1. The minimum Gasteiger partial charge on any atom is -0.344 e. The first-order chi connectivity index (χ1) is 7.95. The molecule has 1 aromatic heterocycles. The summed E-state index contributed by atoms with van der Waals surface area (Å²) in [4.78, 5) is 0. The van der Waals surface area contributed by atoms with E-state index in [1.165, 1.54) is 0 Å². The number of fused-ring (bicyclic) bond motifs is 1. The first-order valence-electron chi connectivity index (χ1n) is 5.12. The van der Waals surface area contributed by atoms with Gasteiger partial charge in [0.15, 0.2) is 0 Å². The molecule has 0 bridgehead atoms. The van der Waals surface area contributed by atoms with E-state index in [1.54, 1.807) is 0 Å². The molecule has 2 aromatic rings. The molecule has 0 saturated carbocycles. The highest BCUT2D eigenvalue weighted by atomic mass is 127. The van der Waals surface area contributed by atoms with Gasteiger partial charge in [0, 0.05) is 23.0 Å². The first kappa shape index (κ1) is 12.6. The number of nitrogens with one attached hydrogen (secondary N) is 1. The van der Waals surface area contributed by atoms with E-state index in [0.717, 1.165) is 25.1 Å². The van der Waals surface area contributed by atoms with Crippen molar-refractivity contribution in [1.82, 2.24) is 4.57 Å². The summed E-state index contributed by atoms with van der Waals surface area (Å²) in [6.07, 6.45) is 0. The number of nitrogens with zero attached hydrogens (tertiary/aromatic N) is 1. The van der Waals surface area contributed by atoms with Crippen molar-refractivity contribution in [2.75, 3.05) is 0 Å². The van der Waals surface area contributed by atoms with Crippen LogP contribution in [0.1, 0.15) is 6.92 Å². The molecule has 0 fully saturated rings. The quantitative estimate of drug-likeness (QED) is 0.700. The Kier molecular flexibility index (Phi) is 3.32. The van der Waals surface area contributed by atoms with Crippen LogP contribution in [-0.4, -0.2) is 4.57 Å². The molecule has 0 atom stereocenters. The lowest BCUT2D eigenvalue weighted by Crippen LogP contribution is -2.44. The average Bonchev–Trinajstić information content (AvgIpc) is 2.25. The second kappa shape index (κ2) is 4.46. The van der Waals surface area contributed by atoms with Gasteiger partial charge in [0.05, 0.1) is 15.9 Å². The van der Waals surface area contributed by atoms with Crippen molar-refractivity contribution >= 4 is 55.3 Å². The summed E-state index contributed by atoms with van der Waals surface area (Å²) < 4.78 is 3.03. The second-order valence-electron chi connectivity index (χ2n) is 3.92.